The van der Waals surface area contributed by atoms with E-state index in [2.05, 4.69) is 29.1 Å². The molecule has 0 aromatic carbocycles. The molecular formula is C11H17N3S. The monoisotopic (exact) mass is 223 g/mol. The van der Waals surface area contributed by atoms with Gasteiger partial charge in [-0.25, -0.2) is 9.97 Å². The Kier molecular flexibility index (Phi) is 3.59. The molecule has 0 unspecified atom stereocenters. The van der Waals surface area contributed by atoms with Gasteiger partial charge < -0.3 is 5.32 Å². The Hall–Kier alpha value is -0.610. The van der Waals surface area contributed by atoms with Crippen molar-refractivity contribution in [1.82, 2.24) is 15.3 Å². The zero-order chi connectivity index (χ0) is 10.7. The topological polar surface area (TPSA) is 37.8 Å². The van der Waals surface area contributed by atoms with Crippen LogP contribution in [0.25, 0.3) is 0 Å². The first kappa shape index (κ1) is 10.9. The van der Waals surface area contributed by atoms with Crippen LogP contribution >= 0.6 is 11.8 Å². The third kappa shape index (κ3) is 3.80. The van der Waals surface area contributed by atoms with Gasteiger partial charge in [0.15, 0.2) is 5.16 Å². The van der Waals surface area contributed by atoms with Crippen LogP contribution in [0.2, 0.25) is 0 Å². The maximum absolute atomic E-state index is 4.33. The highest BCUT2D eigenvalue weighted by atomic mass is 32.2. The molecule has 0 spiro atoms. The van der Waals surface area contributed by atoms with E-state index in [1.165, 1.54) is 18.4 Å². The molecule has 0 aliphatic heterocycles. The Morgan fingerprint density at radius 2 is 2.07 bits per heavy atom. The molecule has 0 radical (unpaired) electrons. The smallest absolute Gasteiger partial charge is 0.187 e. The van der Waals surface area contributed by atoms with Gasteiger partial charge in [0.05, 0.1) is 0 Å². The van der Waals surface area contributed by atoms with Crippen LogP contribution in [0.15, 0.2) is 17.6 Å². The normalized spacial score (nSPS) is 15.9. The molecule has 2 rings (SSSR count). The highest BCUT2D eigenvalue weighted by molar-refractivity contribution is 7.99. The van der Waals surface area contributed by atoms with Crippen molar-refractivity contribution in [2.75, 3.05) is 0 Å². The van der Waals surface area contributed by atoms with Gasteiger partial charge in [-0.3, -0.25) is 0 Å². The van der Waals surface area contributed by atoms with Crippen molar-refractivity contribution in [1.29, 1.82) is 0 Å². The second-order valence-electron chi connectivity index (χ2n) is 4.20. The molecule has 3 nitrogen and oxygen atoms in total. The van der Waals surface area contributed by atoms with Crippen LogP contribution in [0.3, 0.4) is 0 Å². The van der Waals surface area contributed by atoms with E-state index in [0.29, 0.717) is 5.25 Å². The number of nitrogens with zero attached hydrogens (tertiary/aromatic N) is 2. The standard InChI is InChI=1S/C11H17N3S/c1-8(2)15-11-13-6-9(7-14-11)5-12-10-3-4-10/h6-8,10,12H,3-5H2,1-2H3. The molecular weight excluding hydrogens is 206 g/mol. The fourth-order valence-electron chi connectivity index (χ4n) is 1.26. The summed E-state index contributed by atoms with van der Waals surface area (Å²) in [6.45, 7) is 5.20. The van der Waals surface area contributed by atoms with Crippen molar-refractivity contribution in [3.05, 3.63) is 18.0 Å². The van der Waals surface area contributed by atoms with E-state index in [1.807, 2.05) is 12.4 Å². The lowest BCUT2D eigenvalue weighted by Crippen LogP contribution is -2.15. The number of thioether (sulfide) groups is 1. The summed E-state index contributed by atoms with van der Waals surface area (Å²) in [5, 5.41) is 4.86. The number of hydrogen-bond donors (Lipinski definition) is 1. The van der Waals surface area contributed by atoms with Gasteiger partial charge in [0, 0.05) is 35.8 Å². The predicted molar refractivity (Wildman–Crippen MR) is 62.9 cm³/mol. The molecule has 0 atom stereocenters. The molecule has 15 heavy (non-hydrogen) atoms. The average Bonchev–Trinajstić information content (AvgIpc) is 2.99. The number of nitrogens with one attached hydrogen (secondary N) is 1. The minimum atomic E-state index is 0.542. The van der Waals surface area contributed by atoms with Crippen molar-refractivity contribution < 1.29 is 0 Å². The van der Waals surface area contributed by atoms with Crippen LogP contribution in [-0.2, 0) is 6.54 Å². The summed E-state index contributed by atoms with van der Waals surface area (Å²) in [7, 11) is 0. The first-order valence-electron chi connectivity index (χ1n) is 5.45. The Morgan fingerprint density at radius 1 is 1.40 bits per heavy atom. The quantitative estimate of drug-likeness (QED) is 0.613. The van der Waals surface area contributed by atoms with Crippen molar-refractivity contribution in [2.24, 2.45) is 0 Å². The maximum Gasteiger partial charge on any atom is 0.187 e. The van der Waals surface area contributed by atoms with Crippen molar-refractivity contribution >= 4 is 11.8 Å². The Morgan fingerprint density at radius 3 is 2.60 bits per heavy atom. The highest BCUT2D eigenvalue weighted by Crippen LogP contribution is 2.20. The predicted octanol–water partition coefficient (Wildman–Crippen LogP) is 2.23. The molecule has 1 aromatic rings. The first-order chi connectivity index (χ1) is 7.24. The number of rotatable bonds is 5. The molecule has 1 aromatic heterocycles. The average molecular weight is 223 g/mol. The van der Waals surface area contributed by atoms with Gasteiger partial charge in [-0.1, -0.05) is 25.6 Å². The second-order valence-corrected chi connectivity index (χ2v) is 5.74. The molecule has 0 bridgehead atoms. The SMILES string of the molecule is CC(C)Sc1ncc(CNC2CC2)cn1. The van der Waals surface area contributed by atoms with Gasteiger partial charge in [0.25, 0.3) is 0 Å². The number of hydrogen-bond acceptors (Lipinski definition) is 4. The van der Waals surface area contributed by atoms with E-state index in [0.717, 1.165) is 17.7 Å². The molecule has 1 saturated carbocycles. The third-order valence-corrected chi connectivity index (χ3v) is 3.09. The first-order valence-corrected chi connectivity index (χ1v) is 6.33. The molecule has 1 fully saturated rings. The summed E-state index contributed by atoms with van der Waals surface area (Å²) in [6.07, 6.45) is 6.49. The van der Waals surface area contributed by atoms with Crippen molar-refractivity contribution in [3.8, 4) is 0 Å². The third-order valence-electron chi connectivity index (χ3n) is 2.19. The molecule has 1 heterocycles. The van der Waals surface area contributed by atoms with Crippen LogP contribution in [0.4, 0.5) is 0 Å². The summed E-state index contributed by atoms with van der Waals surface area (Å²) in [6, 6.07) is 0.745. The van der Waals surface area contributed by atoms with Gasteiger partial charge in [0.2, 0.25) is 0 Å². The van der Waals surface area contributed by atoms with E-state index in [1.54, 1.807) is 11.8 Å². The lowest BCUT2D eigenvalue weighted by molar-refractivity contribution is 0.680. The summed E-state index contributed by atoms with van der Waals surface area (Å²) < 4.78 is 0. The molecule has 82 valence electrons. The summed E-state index contributed by atoms with van der Waals surface area (Å²) in [4.78, 5) is 8.66. The van der Waals surface area contributed by atoms with E-state index in [-0.39, 0.29) is 0 Å². The molecule has 4 heteroatoms. The van der Waals surface area contributed by atoms with Crippen molar-refractivity contribution in [3.63, 3.8) is 0 Å². The molecule has 1 aliphatic rings. The fourth-order valence-corrected chi connectivity index (χ4v) is 1.90. The van der Waals surface area contributed by atoms with E-state index < -0.39 is 0 Å². The molecule has 0 saturated heterocycles. The summed E-state index contributed by atoms with van der Waals surface area (Å²) in [5.74, 6) is 0. The van der Waals surface area contributed by atoms with Crippen LogP contribution in [0.1, 0.15) is 32.3 Å². The minimum Gasteiger partial charge on any atom is -0.310 e. The lowest BCUT2D eigenvalue weighted by Gasteiger charge is -2.04. The Bertz CT molecular complexity index is 306. The Labute approximate surface area is 95.1 Å². The molecule has 1 N–H and O–H groups in total. The largest absolute Gasteiger partial charge is 0.310 e. The second kappa shape index (κ2) is 4.94. The summed E-state index contributed by atoms with van der Waals surface area (Å²) in [5.41, 5.74) is 1.18. The van der Waals surface area contributed by atoms with Crippen LogP contribution in [0.5, 0.6) is 0 Å². The van der Waals surface area contributed by atoms with Gasteiger partial charge in [-0.15, -0.1) is 0 Å². The highest BCUT2D eigenvalue weighted by Gasteiger charge is 2.19. The maximum atomic E-state index is 4.33. The van der Waals surface area contributed by atoms with Crippen LogP contribution in [-0.4, -0.2) is 21.3 Å². The fraction of sp³-hybridized carbons (Fsp3) is 0.636. The van der Waals surface area contributed by atoms with Crippen LogP contribution < -0.4 is 5.32 Å². The van der Waals surface area contributed by atoms with Gasteiger partial charge in [0.1, 0.15) is 0 Å². The minimum absolute atomic E-state index is 0.542. The van der Waals surface area contributed by atoms with E-state index in [4.69, 9.17) is 0 Å². The van der Waals surface area contributed by atoms with Crippen molar-refractivity contribution in [2.45, 2.75) is 49.7 Å². The van der Waals surface area contributed by atoms with Gasteiger partial charge in [-0.05, 0) is 12.8 Å². The zero-order valence-corrected chi connectivity index (χ0v) is 10.0. The molecule has 1 aliphatic carbocycles. The van der Waals surface area contributed by atoms with E-state index in [9.17, 15) is 0 Å². The van der Waals surface area contributed by atoms with Crippen LogP contribution in [0, 0.1) is 0 Å². The lowest BCUT2D eigenvalue weighted by atomic mass is 10.3. The summed E-state index contributed by atoms with van der Waals surface area (Å²) >= 11 is 1.70. The zero-order valence-electron chi connectivity index (χ0n) is 9.23. The molecule has 0 amide bonds. The van der Waals surface area contributed by atoms with E-state index >= 15 is 0 Å². The number of aromatic nitrogens is 2. The van der Waals surface area contributed by atoms with Gasteiger partial charge in [-0.2, -0.15) is 0 Å². The van der Waals surface area contributed by atoms with Gasteiger partial charge >= 0.3 is 0 Å². The Balaban J connectivity index is 1.85.